The zero-order valence-corrected chi connectivity index (χ0v) is 19.6. The third-order valence-corrected chi connectivity index (χ3v) is 6.10. The van der Waals surface area contributed by atoms with Crippen molar-refractivity contribution in [3.05, 3.63) is 52.5 Å². The van der Waals surface area contributed by atoms with Gasteiger partial charge < -0.3 is 10.1 Å². The van der Waals surface area contributed by atoms with Crippen LogP contribution in [0.15, 0.2) is 51.8 Å². The Kier molecular flexibility index (Phi) is 7.39. The summed E-state index contributed by atoms with van der Waals surface area (Å²) in [5, 5.41) is 5.52. The van der Waals surface area contributed by atoms with Crippen LogP contribution in [0.25, 0.3) is 0 Å². The van der Waals surface area contributed by atoms with Gasteiger partial charge in [0, 0.05) is 16.8 Å². The van der Waals surface area contributed by atoms with Gasteiger partial charge >= 0.3 is 0 Å². The monoisotopic (exact) mass is 499 g/mol. The molecule has 0 fully saturated rings. The molecule has 0 heterocycles. The molecule has 0 aliphatic heterocycles. The molecule has 156 valence electrons. The summed E-state index contributed by atoms with van der Waals surface area (Å²) in [5.41, 5.74) is 0.357. The molecular weight excluding hydrogens is 478 g/mol. The van der Waals surface area contributed by atoms with Gasteiger partial charge in [-0.3, -0.25) is 10.1 Å². The third kappa shape index (κ3) is 6.77. The number of nitrogens with one attached hydrogen (secondary N) is 3. The smallest absolute Gasteiger partial charge is 0.257 e. The number of benzene rings is 2. The van der Waals surface area contributed by atoms with Crippen LogP contribution < -0.4 is 20.1 Å². The SMILES string of the molecule is COc1ccc(C(=O)NC(=S)Nc2ccc(S(=O)(=O)NC(C)(C)C)cc2)cc1Br. The van der Waals surface area contributed by atoms with E-state index in [4.69, 9.17) is 17.0 Å². The van der Waals surface area contributed by atoms with Crippen LogP contribution in [0, 0.1) is 0 Å². The van der Waals surface area contributed by atoms with Gasteiger partial charge in [0.2, 0.25) is 10.0 Å². The Bertz CT molecular complexity index is 1020. The Balaban J connectivity index is 2.02. The minimum atomic E-state index is -3.62. The lowest BCUT2D eigenvalue weighted by Crippen LogP contribution is -2.40. The number of ether oxygens (including phenoxy) is 1. The molecule has 7 nitrogen and oxygen atoms in total. The number of carbonyl (C=O) groups is 1. The Morgan fingerprint density at radius 1 is 1.10 bits per heavy atom. The normalized spacial score (nSPS) is 11.6. The second kappa shape index (κ2) is 9.21. The van der Waals surface area contributed by atoms with Crippen LogP contribution in [-0.4, -0.2) is 32.1 Å². The molecule has 3 N–H and O–H groups in total. The van der Waals surface area contributed by atoms with Crippen molar-refractivity contribution in [3.8, 4) is 5.75 Å². The van der Waals surface area contributed by atoms with Gasteiger partial charge in [-0.05, 0) is 91.4 Å². The molecule has 0 atom stereocenters. The van der Waals surface area contributed by atoms with E-state index in [0.29, 0.717) is 21.5 Å². The fraction of sp³-hybridized carbons (Fsp3) is 0.263. The summed E-state index contributed by atoms with van der Waals surface area (Å²) >= 11 is 8.49. The second-order valence-corrected chi connectivity index (χ2v) is 10.1. The van der Waals surface area contributed by atoms with E-state index in [1.807, 2.05) is 0 Å². The first kappa shape index (κ1) is 23.3. The summed E-state index contributed by atoms with van der Waals surface area (Å²) in [6.45, 7) is 5.30. The van der Waals surface area contributed by atoms with Crippen LogP contribution in [0.1, 0.15) is 31.1 Å². The van der Waals surface area contributed by atoms with E-state index in [1.165, 1.54) is 19.2 Å². The molecule has 0 saturated heterocycles. The lowest BCUT2D eigenvalue weighted by molar-refractivity contribution is 0.0977. The highest BCUT2D eigenvalue weighted by Crippen LogP contribution is 2.25. The molecule has 0 aliphatic carbocycles. The van der Waals surface area contributed by atoms with Crippen LogP contribution in [0.4, 0.5) is 5.69 Å². The van der Waals surface area contributed by atoms with Crippen LogP contribution >= 0.6 is 28.1 Å². The average molecular weight is 500 g/mol. The van der Waals surface area contributed by atoms with E-state index in [2.05, 4.69) is 31.3 Å². The maximum absolute atomic E-state index is 12.3. The van der Waals surface area contributed by atoms with Crippen molar-refractivity contribution in [1.29, 1.82) is 0 Å². The summed E-state index contributed by atoms with van der Waals surface area (Å²) in [5.74, 6) is 0.220. The molecule has 2 rings (SSSR count). The quantitative estimate of drug-likeness (QED) is 0.543. The summed E-state index contributed by atoms with van der Waals surface area (Å²) in [6, 6.07) is 11.0. The number of amides is 1. The molecule has 0 bridgehead atoms. The first-order chi connectivity index (χ1) is 13.4. The van der Waals surface area contributed by atoms with E-state index < -0.39 is 15.6 Å². The molecule has 0 aromatic heterocycles. The molecule has 0 radical (unpaired) electrons. The number of hydrogen-bond acceptors (Lipinski definition) is 5. The van der Waals surface area contributed by atoms with Gasteiger partial charge in [0.05, 0.1) is 16.5 Å². The van der Waals surface area contributed by atoms with Crippen molar-refractivity contribution in [2.45, 2.75) is 31.2 Å². The van der Waals surface area contributed by atoms with Crippen molar-refractivity contribution >= 4 is 54.9 Å². The number of carbonyl (C=O) groups excluding carboxylic acids is 1. The number of methoxy groups -OCH3 is 1. The highest BCUT2D eigenvalue weighted by Gasteiger charge is 2.21. The van der Waals surface area contributed by atoms with Gasteiger partial charge in [0.1, 0.15) is 5.75 Å². The van der Waals surface area contributed by atoms with Crippen molar-refractivity contribution in [1.82, 2.24) is 10.0 Å². The predicted molar refractivity (Wildman–Crippen MR) is 121 cm³/mol. The molecule has 2 aromatic carbocycles. The summed E-state index contributed by atoms with van der Waals surface area (Å²) in [6.07, 6.45) is 0. The van der Waals surface area contributed by atoms with Crippen molar-refractivity contribution in [2.75, 3.05) is 12.4 Å². The number of sulfonamides is 1. The molecule has 10 heteroatoms. The lowest BCUT2D eigenvalue weighted by atomic mass is 10.1. The average Bonchev–Trinajstić information content (AvgIpc) is 2.60. The van der Waals surface area contributed by atoms with E-state index in [9.17, 15) is 13.2 Å². The lowest BCUT2D eigenvalue weighted by Gasteiger charge is -2.20. The maximum atomic E-state index is 12.3. The molecule has 0 aliphatic rings. The van der Waals surface area contributed by atoms with Crippen LogP contribution in [0.3, 0.4) is 0 Å². The molecular formula is C19H22BrN3O4S2. The van der Waals surface area contributed by atoms with Gasteiger partial charge in [-0.15, -0.1) is 0 Å². The van der Waals surface area contributed by atoms with Gasteiger partial charge in [-0.1, -0.05) is 0 Å². The molecule has 2 aromatic rings. The van der Waals surface area contributed by atoms with E-state index >= 15 is 0 Å². The van der Waals surface area contributed by atoms with Crippen molar-refractivity contribution in [3.63, 3.8) is 0 Å². The Morgan fingerprint density at radius 2 is 1.72 bits per heavy atom. The van der Waals surface area contributed by atoms with Crippen molar-refractivity contribution in [2.24, 2.45) is 0 Å². The Morgan fingerprint density at radius 3 is 2.24 bits per heavy atom. The van der Waals surface area contributed by atoms with Gasteiger partial charge in [-0.2, -0.15) is 0 Å². The van der Waals surface area contributed by atoms with Gasteiger partial charge in [-0.25, -0.2) is 13.1 Å². The zero-order chi connectivity index (χ0) is 21.8. The number of rotatable bonds is 5. The Hall–Kier alpha value is -2.01. The fourth-order valence-electron chi connectivity index (χ4n) is 2.32. The first-order valence-electron chi connectivity index (χ1n) is 8.51. The van der Waals surface area contributed by atoms with Gasteiger partial charge in [0.25, 0.3) is 5.91 Å². The van der Waals surface area contributed by atoms with Crippen LogP contribution in [0.5, 0.6) is 5.75 Å². The Labute approximate surface area is 184 Å². The minimum absolute atomic E-state index is 0.0883. The topological polar surface area (TPSA) is 96.5 Å². The minimum Gasteiger partial charge on any atom is -0.496 e. The molecule has 0 spiro atoms. The van der Waals surface area contributed by atoms with E-state index in [1.54, 1.807) is 51.1 Å². The zero-order valence-electron chi connectivity index (χ0n) is 16.4. The number of hydrogen-bond donors (Lipinski definition) is 3. The van der Waals surface area contributed by atoms with E-state index in [0.717, 1.165) is 0 Å². The third-order valence-electron chi connectivity index (χ3n) is 3.50. The van der Waals surface area contributed by atoms with Crippen LogP contribution in [-0.2, 0) is 10.0 Å². The highest BCUT2D eigenvalue weighted by molar-refractivity contribution is 9.10. The predicted octanol–water partition coefficient (Wildman–Crippen LogP) is 3.66. The van der Waals surface area contributed by atoms with Crippen molar-refractivity contribution < 1.29 is 17.9 Å². The first-order valence-corrected chi connectivity index (χ1v) is 11.2. The van der Waals surface area contributed by atoms with Crippen LogP contribution in [0.2, 0.25) is 0 Å². The highest BCUT2D eigenvalue weighted by atomic mass is 79.9. The summed E-state index contributed by atoms with van der Waals surface area (Å²) in [7, 11) is -2.09. The molecule has 1 amide bonds. The second-order valence-electron chi connectivity index (χ2n) is 7.14. The van der Waals surface area contributed by atoms with Gasteiger partial charge in [0.15, 0.2) is 5.11 Å². The largest absolute Gasteiger partial charge is 0.496 e. The fourth-order valence-corrected chi connectivity index (χ4v) is 4.49. The van der Waals surface area contributed by atoms with E-state index in [-0.39, 0.29) is 15.9 Å². The summed E-state index contributed by atoms with van der Waals surface area (Å²) < 4.78 is 33.0. The molecule has 0 saturated carbocycles. The maximum Gasteiger partial charge on any atom is 0.257 e. The number of halogens is 1. The number of thiocarbonyl (C=S) groups is 1. The molecule has 29 heavy (non-hydrogen) atoms. The number of anilines is 1. The standard InChI is InChI=1S/C19H22BrN3O4S2/c1-19(2,3)23-29(25,26)14-8-6-13(7-9-14)21-18(28)22-17(24)12-5-10-16(27-4)15(20)11-12/h5-11,23H,1-4H3,(H2,21,22,24,28). The molecule has 0 unspecified atom stereocenters. The summed E-state index contributed by atoms with van der Waals surface area (Å²) in [4.78, 5) is 12.5.